The zero-order chi connectivity index (χ0) is 18.5. The molecule has 5 heteroatoms. The van der Waals surface area contributed by atoms with Crippen molar-refractivity contribution in [2.45, 2.75) is 52.7 Å². The second kappa shape index (κ2) is 6.36. The fourth-order valence-electron chi connectivity index (χ4n) is 5.27. The number of carbonyl (C=O) groups excluding carboxylic acids is 2. The molecule has 2 bridgehead atoms. The number of amides is 1. The van der Waals surface area contributed by atoms with Crippen molar-refractivity contribution in [2.24, 2.45) is 29.1 Å². The molecule has 5 rings (SSSR count). The smallest absolute Gasteiger partial charge is 0.311 e. The first-order chi connectivity index (χ1) is 12.4. The van der Waals surface area contributed by atoms with Crippen molar-refractivity contribution in [1.82, 2.24) is 9.88 Å². The van der Waals surface area contributed by atoms with Crippen LogP contribution in [-0.4, -0.2) is 34.4 Å². The molecular formula is C21H28N2O3. The van der Waals surface area contributed by atoms with Gasteiger partial charge in [-0.25, -0.2) is 0 Å². The number of fused-ring (bicyclic) bond motifs is 2. The van der Waals surface area contributed by atoms with E-state index in [4.69, 9.17) is 4.74 Å². The number of nitrogens with zero attached hydrogens (tertiary/aromatic N) is 2. The Hall–Kier alpha value is -1.91. The lowest BCUT2D eigenvalue weighted by Crippen LogP contribution is -2.57. The van der Waals surface area contributed by atoms with Crippen LogP contribution in [0.1, 0.15) is 45.7 Å². The van der Waals surface area contributed by atoms with Crippen molar-refractivity contribution < 1.29 is 14.3 Å². The topological polar surface area (TPSA) is 59.5 Å². The van der Waals surface area contributed by atoms with E-state index in [0.717, 1.165) is 12.1 Å². The third-order valence-electron chi connectivity index (χ3n) is 7.18. The highest BCUT2D eigenvalue weighted by molar-refractivity contribution is 5.86. The number of aromatic nitrogens is 1. The van der Waals surface area contributed by atoms with E-state index >= 15 is 0 Å². The number of ether oxygens (including phenoxy) is 1. The molecule has 5 atom stereocenters. The second-order valence-corrected chi connectivity index (χ2v) is 8.93. The van der Waals surface area contributed by atoms with Crippen LogP contribution in [0.15, 0.2) is 24.4 Å². The Kier molecular flexibility index (Phi) is 4.28. The van der Waals surface area contributed by atoms with Crippen LogP contribution in [0.2, 0.25) is 0 Å². The van der Waals surface area contributed by atoms with Crippen molar-refractivity contribution in [3.05, 3.63) is 30.1 Å². The molecule has 1 aromatic heterocycles. The molecule has 4 aliphatic rings. The van der Waals surface area contributed by atoms with Gasteiger partial charge in [0.15, 0.2) is 0 Å². The van der Waals surface area contributed by atoms with Crippen molar-refractivity contribution >= 4 is 11.9 Å². The molecule has 1 amide bonds. The Morgan fingerprint density at radius 2 is 2.15 bits per heavy atom. The lowest BCUT2D eigenvalue weighted by Gasteiger charge is -2.61. The minimum absolute atomic E-state index is 0.0123. The third kappa shape index (κ3) is 2.91. The molecule has 1 saturated heterocycles. The van der Waals surface area contributed by atoms with Crippen LogP contribution in [0.4, 0.5) is 0 Å². The van der Waals surface area contributed by atoms with Gasteiger partial charge < -0.3 is 9.64 Å². The first kappa shape index (κ1) is 17.5. The maximum Gasteiger partial charge on any atom is 0.311 e. The monoisotopic (exact) mass is 356 g/mol. The van der Waals surface area contributed by atoms with Crippen LogP contribution in [-0.2, 0) is 20.9 Å². The van der Waals surface area contributed by atoms with Crippen LogP contribution in [0.3, 0.4) is 0 Å². The normalized spacial score (nSPS) is 35.1. The number of hydrogen-bond donors (Lipinski definition) is 0. The van der Waals surface area contributed by atoms with Gasteiger partial charge in [0.05, 0.1) is 18.2 Å². The first-order valence-corrected chi connectivity index (χ1v) is 9.74. The summed E-state index contributed by atoms with van der Waals surface area (Å²) in [5, 5.41) is 0. The van der Waals surface area contributed by atoms with E-state index in [1.807, 2.05) is 18.2 Å². The number of rotatable bonds is 4. The lowest BCUT2D eigenvalue weighted by molar-refractivity contribution is -0.189. The van der Waals surface area contributed by atoms with Gasteiger partial charge in [-0.3, -0.25) is 14.6 Å². The van der Waals surface area contributed by atoms with Gasteiger partial charge in [0, 0.05) is 19.2 Å². The van der Waals surface area contributed by atoms with E-state index in [2.05, 4.69) is 25.8 Å². The molecule has 1 aromatic rings. The van der Waals surface area contributed by atoms with E-state index in [9.17, 15) is 9.59 Å². The van der Waals surface area contributed by atoms with Crippen LogP contribution in [0.25, 0.3) is 0 Å². The van der Waals surface area contributed by atoms with Gasteiger partial charge in [-0.1, -0.05) is 26.8 Å². The standard InChI is InChI=1S/C21H28N2O3/c1-13-17-9-15(21(17,2)3)10-18(13)26-20(25)14-8-19(24)23(11-14)12-16-6-4-5-7-22-16/h4-7,13-15,17-18H,8-12H2,1-3H3/t13-,14-,15+,17+,18+/m0/s1. The molecule has 26 heavy (non-hydrogen) atoms. The van der Waals surface area contributed by atoms with Crippen molar-refractivity contribution in [3.63, 3.8) is 0 Å². The molecule has 4 fully saturated rings. The summed E-state index contributed by atoms with van der Waals surface area (Å²) >= 11 is 0. The highest BCUT2D eigenvalue weighted by Gasteiger charge is 2.57. The highest BCUT2D eigenvalue weighted by Crippen LogP contribution is 2.61. The number of pyridine rings is 1. The summed E-state index contributed by atoms with van der Waals surface area (Å²) in [6.45, 7) is 7.79. The Morgan fingerprint density at radius 1 is 1.35 bits per heavy atom. The minimum Gasteiger partial charge on any atom is -0.462 e. The summed E-state index contributed by atoms with van der Waals surface area (Å²) in [5.41, 5.74) is 1.23. The number of esters is 1. The SMILES string of the molecule is C[C@H]1[C@H]2C[C@H](C[C@H]1OC(=O)[C@H]1CC(=O)N(Cc3ccccn3)C1)C2(C)C. The largest absolute Gasteiger partial charge is 0.462 e. The Balaban J connectivity index is 1.34. The Labute approximate surface area is 155 Å². The molecule has 0 N–H and O–H groups in total. The Morgan fingerprint density at radius 3 is 2.81 bits per heavy atom. The van der Waals surface area contributed by atoms with E-state index in [-0.39, 0.29) is 30.3 Å². The molecular weight excluding hydrogens is 328 g/mol. The summed E-state index contributed by atoms with van der Waals surface area (Å²) in [6, 6.07) is 5.66. The number of likely N-dealkylation sites (tertiary alicyclic amines) is 1. The van der Waals surface area contributed by atoms with Crippen LogP contribution >= 0.6 is 0 Å². The van der Waals surface area contributed by atoms with Gasteiger partial charge in [-0.05, 0) is 48.1 Å². The van der Waals surface area contributed by atoms with Gasteiger partial charge in [0.2, 0.25) is 5.91 Å². The van der Waals surface area contributed by atoms with Crippen molar-refractivity contribution in [1.29, 1.82) is 0 Å². The molecule has 0 radical (unpaired) electrons. The molecule has 0 aromatic carbocycles. The first-order valence-electron chi connectivity index (χ1n) is 9.74. The maximum absolute atomic E-state index is 12.7. The number of carbonyl (C=O) groups is 2. The van der Waals surface area contributed by atoms with Crippen LogP contribution in [0.5, 0.6) is 0 Å². The zero-order valence-corrected chi connectivity index (χ0v) is 15.9. The van der Waals surface area contributed by atoms with Crippen LogP contribution < -0.4 is 0 Å². The predicted molar refractivity (Wildman–Crippen MR) is 96.8 cm³/mol. The summed E-state index contributed by atoms with van der Waals surface area (Å²) < 4.78 is 5.90. The average Bonchev–Trinajstić information content (AvgIpc) is 2.98. The predicted octanol–water partition coefficient (Wildman–Crippen LogP) is 3.04. The zero-order valence-electron chi connectivity index (χ0n) is 15.9. The molecule has 0 spiro atoms. The Bertz CT molecular complexity index is 702. The van der Waals surface area contributed by atoms with E-state index < -0.39 is 0 Å². The van der Waals surface area contributed by atoms with Gasteiger partial charge >= 0.3 is 5.97 Å². The van der Waals surface area contributed by atoms with Gasteiger partial charge in [-0.2, -0.15) is 0 Å². The lowest BCUT2D eigenvalue weighted by atomic mass is 9.45. The molecule has 2 heterocycles. The summed E-state index contributed by atoms with van der Waals surface area (Å²) in [5.74, 6) is 1.18. The second-order valence-electron chi connectivity index (χ2n) is 8.93. The average molecular weight is 356 g/mol. The van der Waals surface area contributed by atoms with Gasteiger partial charge in [0.1, 0.15) is 6.10 Å². The third-order valence-corrected chi connectivity index (χ3v) is 7.18. The fraction of sp³-hybridized carbons (Fsp3) is 0.667. The van der Waals surface area contributed by atoms with Crippen molar-refractivity contribution in [2.75, 3.05) is 6.54 Å². The summed E-state index contributed by atoms with van der Waals surface area (Å²) in [7, 11) is 0. The van der Waals surface area contributed by atoms with E-state index in [1.54, 1.807) is 11.1 Å². The molecule has 1 aliphatic heterocycles. The van der Waals surface area contributed by atoms with Crippen LogP contribution in [0, 0.1) is 29.1 Å². The quantitative estimate of drug-likeness (QED) is 0.778. The summed E-state index contributed by atoms with van der Waals surface area (Å²) in [6.07, 6.45) is 4.22. The van der Waals surface area contributed by atoms with Gasteiger partial charge in [-0.15, -0.1) is 0 Å². The van der Waals surface area contributed by atoms with E-state index in [0.29, 0.717) is 36.3 Å². The fourth-order valence-corrected chi connectivity index (χ4v) is 5.27. The highest BCUT2D eigenvalue weighted by atomic mass is 16.5. The van der Waals surface area contributed by atoms with Crippen molar-refractivity contribution in [3.8, 4) is 0 Å². The molecule has 0 unspecified atom stereocenters. The van der Waals surface area contributed by atoms with E-state index in [1.165, 1.54) is 6.42 Å². The molecule has 3 saturated carbocycles. The molecule has 3 aliphatic carbocycles. The van der Waals surface area contributed by atoms with Gasteiger partial charge in [0.25, 0.3) is 0 Å². The molecule has 140 valence electrons. The maximum atomic E-state index is 12.7. The minimum atomic E-state index is -0.343. The molecule has 5 nitrogen and oxygen atoms in total. The summed E-state index contributed by atoms with van der Waals surface area (Å²) in [4.78, 5) is 30.9. The number of hydrogen-bond acceptors (Lipinski definition) is 4.